The Morgan fingerprint density at radius 1 is 0.789 bits per heavy atom. The maximum absolute atomic E-state index is 11.5. The van der Waals surface area contributed by atoms with Crippen molar-refractivity contribution in [2.24, 2.45) is 0 Å². The SMILES string of the molecule is O=C(CO)[C@@H](O)[C@H](O)[C@@H](O)CN(CCCCCCOc1ccc(CS)cc1)C[C@H](O)[C@@H](O)[C@H](O)[C@H](O)CO. The van der Waals surface area contributed by atoms with Gasteiger partial charge in [-0.15, -0.1) is 0 Å². The van der Waals surface area contributed by atoms with Crippen molar-refractivity contribution >= 4 is 18.4 Å². The molecule has 0 aliphatic carbocycles. The molecule has 0 unspecified atom stereocenters. The quantitative estimate of drug-likeness (QED) is 0.0551. The third kappa shape index (κ3) is 12.2. The Labute approximate surface area is 228 Å². The fraction of sp³-hybridized carbons (Fsp3) is 0.720. The van der Waals surface area contributed by atoms with E-state index in [0.717, 1.165) is 30.6 Å². The van der Waals surface area contributed by atoms with Crippen LogP contribution in [0.3, 0.4) is 0 Å². The highest BCUT2D eigenvalue weighted by Crippen LogP contribution is 2.15. The van der Waals surface area contributed by atoms with Gasteiger partial charge in [0, 0.05) is 18.8 Å². The van der Waals surface area contributed by atoms with E-state index in [1.54, 1.807) is 0 Å². The number of unbranched alkanes of at least 4 members (excludes halogenated alkanes) is 3. The van der Waals surface area contributed by atoms with Crippen molar-refractivity contribution in [1.29, 1.82) is 0 Å². The van der Waals surface area contributed by atoms with Gasteiger partial charge in [-0.2, -0.15) is 12.6 Å². The van der Waals surface area contributed by atoms with Gasteiger partial charge in [0.25, 0.3) is 0 Å². The van der Waals surface area contributed by atoms with E-state index in [2.05, 4.69) is 12.6 Å². The molecule has 7 atom stereocenters. The fourth-order valence-corrected chi connectivity index (χ4v) is 3.94. The molecule has 1 aromatic rings. The monoisotopic (exact) mass is 565 g/mol. The Balaban J connectivity index is 2.61. The summed E-state index contributed by atoms with van der Waals surface area (Å²) in [6.07, 6.45) is -9.56. The molecule has 0 amide bonds. The molecule has 9 N–H and O–H groups in total. The molecule has 12 nitrogen and oxygen atoms in total. The second-order valence-electron chi connectivity index (χ2n) is 9.25. The van der Waals surface area contributed by atoms with E-state index in [-0.39, 0.29) is 19.6 Å². The fourth-order valence-electron chi connectivity index (χ4n) is 3.73. The van der Waals surface area contributed by atoms with E-state index in [1.807, 2.05) is 24.3 Å². The van der Waals surface area contributed by atoms with Crippen molar-refractivity contribution in [1.82, 2.24) is 4.90 Å². The molecule has 220 valence electrons. The zero-order valence-corrected chi connectivity index (χ0v) is 22.3. The summed E-state index contributed by atoms with van der Waals surface area (Å²) in [6, 6.07) is 7.64. The van der Waals surface area contributed by atoms with Gasteiger partial charge in [0.15, 0.2) is 5.78 Å². The number of rotatable bonds is 21. The summed E-state index contributed by atoms with van der Waals surface area (Å²) in [7, 11) is 0. The van der Waals surface area contributed by atoms with Gasteiger partial charge in [-0.3, -0.25) is 9.69 Å². The number of ketones is 1. The molecule has 0 saturated heterocycles. The summed E-state index contributed by atoms with van der Waals surface area (Å²) in [6.45, 7) is -1.67. The van der Waals surface area contributed by atoms with E-state index in [1.165, 1.54) is 4.90 Å². The topological polar surface area (TPSA) is 212 Å². The molecule has 0 aliphatic heterocycles. The van der Waals surface area contributed by atoms with Gasteiger partial charge in [-0.25, -0.2) is 0 Å². The number of Topliss-reactive ketones (excluding diaryl/α,β-unsaturated/α-hetero) is 1. The normalized spacial score (nSPS) is 17.4. The maximum atomic E-state index is 11.5. The van der Waals surface area contributed by atoms with Gasteiger partial charge >= 0.3 is 0 Å². The molecular weight excluding hydrogens is 522 g/mol. The average Bonchev–Trinajstić information content (AvgIpc) is 2.93. The lowest BCUT2D eigenvalue weighted by molar-refractivity contribution is -0.143. The van der Waals surface area contributed by atoms with Crippen molar-refractivity contribution in [3.63, 3.8) is 0 Å². The summed E-state index contributed by atoms with van der Waals surface area (Å²) < 4.78 is 5.70. The van der Waals surface area contributed by atoms with Crippen LogP contribution in [0.1, 0.15) is 31.2 Å². The van der Waals surface area contributed by atoms with Crippen molar-refractivity contribution < 1.29 is 55.5 Å². The Bertz CT molecular complexity index is 772. The minimum absolute atomic E-state index is 0.280. The smallest absolute Gasteiger partial charge is 0.189 e. The second-order valence-corrected chi connectivity index (χ2v) is 9.57. The number of carbonyl (C=O) groups is 1. The lowest BCUT2D eigenvalue weighted by atomic mass is 10.0. The standard InChI is InChI=1S/C25H43NO11S/c27-13-20(31)24(35)22(33)18(29)11-26(12-19(30)23(34)25(36)21(32)14-28)9-3-1-2-4-10-37-17-7-5-16(15-38)6-8-17/h5-8,18-20,22-25,27-31,33-36,38H,1-4,9-15H2/t18-,19-,20+,22+,23+,24+,25+/m0/s1. The molecule has 1 rings (SSSR count). The van der Waals surface area contributed by atoms with Crippen molar-refractivity contribution in [3.8, 4) is 5.75 Å². The van der Waals surface area contributed by atoms with E-state index < -0.39 is 61.7 Å². The molecular formula is C25H43NO11S. The van der Waals surface area contributed by atoms with E-state index >= 15 is 0 Å². The molecule has 0 saturated carbocycles. The van der Waals surface area contributed by atoms with E-state index in [9.17, 15) is 40.5 Å². The minimum Gasteiger partial charge on any atom is -0.494 e. The summed E-state index contributed by atoms with van der Waals surface area (Å²) in [4.78, 5) is 12.9. The maximum Gasteiger partial charge on any atom is 0.189 e. The molecule has 0 fully saturated rings. The van der Waals surface area contributed by atoms with Gasteiger partial charge in [0.1, 0.15) is 42.9 Å². The van der Waals surface area contributed by atoms with Gasteiger partial charge in [-0.1, -0.05) is 25.0 Å². The number of hydrogen-bond donors (Lipinski definition) is 10. The molecule has 0 spiro atoms. The zero-order chi connectivity index (χ0) is 28.7. The van der Waals surface area contributed by atoms with Crippen LogP contribution in [-0.4, -0.2) is 139 Å². The zero-order valence-electron chi connectivity index (χ0n) is 21.4. The predicted octanol–water partition coefficient (Wildman–Crippen LogP) is -2.56. The molecule has 13 heteroatoms. The molecule has 0 bridgehead atoms. The van der Waals surface area contributed by atoms with Gasteiger partial charge in [-0.05, 0) is 37.1 Å². The molecule has 0 radical (unpaired) electrons. The average molecular weight is 566 g/mol. The highest BCUT2D eigenvalue weighted by Gasteiger charge is 2.34. The Morgan fingerprint density at radius 2 is 1.34 bits per heavy atom. The lowest BCUT2D eigenvalue weighted by Crippen LogP contribution is -2.52. The van der Waals surface area contributed by atoms with Crippen LogP contribution in [0.2, 0.25) is 0 Å². The first-order valence-corrected chi connectivity index (χ1v) is 13.2. The van der Waals surface area contributed by atoms with Gasteiger partial charge in [0.2, 0.25) is 0 Å². The van der Waals surface area contributed by atoms with Crippen LogP contribution in [0, 0.1) is 0 Å². The Morgan fingerprint density at radius 3 is 1.89 bits per heavy atom. The molecule has 1 aromatic carbocycles. The Hall–Kier alpha value is -1.36. The number of benzene rings is 1. The number of hydrogen-bond acceptors (Lipinski definition) is 13. The van der Waals surface area contributed by atoms with Crippen molar-refractivity contribution in [2.75, 3.05) is 39.5 Å². The number of ether oxygens (including phenoxy) is 1. The first kappa shape index (κ1) is 34.7. The van der Waals surface area contributed by atoms with Crippen LogP contribution in [-0.2, 0) is 10.5 Å². The first-order valence-electron chi connectivity index (χ1n) is 12.6. The first-order chi connectivity index (χ1) is 18.0. The second kappa shape index (κ2) is 18.8. The highest BCUT2D eigenvalue weighted by molar-refractivity contribution is 7.79. The van der Waals surface area contributed by atoms with Crippen LogP contribution in [0.25, 0.3) is 0 Å². The largest absolute Gasteiger partial charge is 0.494 e. The number of nitrogens with zero attached hydrogens (tertiary/aromatic N) is 1. The van der Waals surface area contributed by atoms with Crippen LogP contribution in [0.15, 0.2) is 24.3 Å². The molecule has 0 heterocycles. The Kier molecular flexibility index (Phi) is 17.2. The summed E-state index contributed by atoms with van der Waals surface area (Å²) in [5.74, 6) is 0.340. The third-order valence-electron chi connectivity index (χ3n) is 6.16. The van der Waals surface area contributed by atoms with Crippen molar-refractivity contribution in [2.45, 2.75) is 74.2 Å². The summed E-state index contributed by atoms with van der Waals surface area (Å²) >= 11 is 4.21. The van der Waals surface area contributed by atoms with Gasteiger partial charge < -0.3 is 50.7 Å². The van der Waals surface area contributed by atoms with E-state index in [4.69, 9.17) is 14.9 Å². The van der Waals surface area contributed by atoms with Crippen LogP contribution < -0.4 is 4.74 Å². The predicted molar refractivity (Wildman–Crippen MR) is 141 cm³/mol. The minimum atomic E-state index is -2.01. The number of thiol groups is 1. The number of carbonyl (C=O) groups excluding carboxylic acids is 1. The number of aliphatic hydroxyl groups is 9. The molecule has 0 aliphatic rings. The molecule has 0 aromatic heterocycles. The lowest BCUT2D eigenvalue weighted by Gasteiger charge is -2.32. The summed E-state index contributed by atoms with van der Waals surface area (Å²) in [5.41, 5.74) is 1.09. The number of aliphatic hydroxyl groups excluding tert-OH is 9. The van der Waals surface area contributed by atoms with Crippen molar-refractivity contribution in [3.05, 3.63) is 29.8 Å². The third-order valence-corrected chi connectivity index (χ3v) is 6.53. The molecule has 38 heavy (non-hydrogen) atoms. The van der Waals surface area contributed by atoms with Gasteiger partial charge in [0.05, 0.1) is 25.4 Å². The van der Waals surface area contributed by atoms with Crippen LogP contribution >= 0.6 is 12.6 Å². The summed E-state index contributed by atoms with van der Waals surface area (Å²) in [5, 5.41) is 87.9. The van der Waals surface area contributed by atoms with E-state index in [0.29, 0.717) is 18.8 Å². The highest BCUT2D eigenvalue weighted by atomic mass is 32.1. The van der Waals surface area contributed by atoms with Crippen LogP contribution in [0.5, 0.6) is 5.75 Å². The van der Waals surface area contributed by atoms with Crippen LogP contribution in [0.4, 0.5) is 0 Å².